The van der Waals surface area contributed by atoms with Gasteiger partial charge in [0.15, 0.2) is 0 Å². The van der Waals surface area contributed by atoms with Gasteiger partial charge in [0.05, 0.1) is 0 Å². The molecule has 22 heavy (non-hydrogen) atoms. The summed E-state index contributed by atoms with van der Waals surface area (Å²) in [6.07, 6.45) is 2.63. The molecule has 2 aromatic rings. The normalized spacial score (nSPS) is 10.3. The molecule has 0 aliphatic heterocycles. The Balaban J connectivity index is 2.14. The van der Waals surface area contributed by atoms with Gasteiger partial charge >= 0.3 is 0 Å². The number of carbonyl (C=O) groups excluding carboxylic acids is 1. The molecule has 0 saturated heterocycles. The van der Waals surface area contributed by atoms with E-state index in [1.165, 1.54) is 5.56 Å². The maximum Gasteiger partial charge on any atom is 0.251 e. The largest absolute Gasteiger partial charge is 0.353 e. The van der Waals surface area contributed by atoms with Crippen LogP contribution in [0.25, 0.3) is 0 Å². The van der Waals surface area contributed by atoms with Crippen molar-refractivity contribution in [2.45, 2.75) is 26.8 Å². The number of nitrogens with zero attached hydrogens (tertiary/aromatic N) is 2. The van der Waals surface area contributed by atoms with E-state index in [9.17, 15) is 4.79 Å². The lowest BCUT2D eigenvalue weighted by atomic mass is 10.2. The molecule has 1 heterocycles. The zero-order valence-corrected chi connectivity index (χ0v) is 13.2. The van der Waals surface area contributed by atoms with Gasteiger partial charge in [-0.3, -0.25) is 4.79 Å². The molecule has 1 amide bonds. The number of rotatable bonds is 7. The standard InChI is InChI=1S/C18H23N3O/c1-3-11-20-18(22)16-10-12-19-17(13-16)21(4-2)14-15-8-6-5-7-9-15/h5-10,12-13H,3-4,11,14H2,1-2H3,(H,20,22). The molecule has 1 N–H and O–H groups in total. The smallest absolute Gasteiger partial charge is 0.251 e. The number of hydrogen-bond acceptors (Lipinski definition) is 3. The predicted molar refractivity (Wildman–Crippen MR) is 90.0 cm³/mol. The van der Waals surface area contributed by atoms with E-state index >= 15 is 0 Å². The Hall–Kier alpha value is -2.36. The minimum absolute atomic E-state index is 0.0405. The minimum atomic E-state index is -0.0405. The molecule has 4 nitrogen and oxygen atoms in total. The first-order valence-corrected chi connectivity index (χ1v) is 7.77. The zero-order chi connectivity index (χ0) is 15.8. The Kier molecular flexibility index (Phi) is 5.95. The number of carbonyl (C=O) groups is 1. The molecule has 0 atom stereocenters. The molecular formula is C18H23N3O. The number of nitrogens with one attached hydrogen (secondary N) is 1. The lowest BCUT2D eigenvalue weighted by molar-refractivity contribution is 0.0953. The Labute approximate surface area is 132 Å². The van der Waals surface area contributed by atoms with Crippen LogP contribution in [0.3, 0.4) is 0 Å². The predicted octanol–water partition coefficient (Wildman–Crippen LogP) is 3.25. The van der Waals surface area contributed by atoms with Crippen molar-refractivity contribution in [2.24, 2.45) is 0 Å². The number of hydrogen-bond donors (Lipinski definition) is 1. The number of benzene rings is 1. The van der Waals surface area contributed by atoms with Crippen LogP contribution in [0, 0.1) is 0 Å². The molecule has 1 aromatic heterocycles. The van der Waals surface area contributed by atoms with Crippen molar-refractivity contribution in [2.75, 3.05) is 18.0 Å². The van der Waals surface area contributed by atoms with E-state index in [-0.39, 0.29) is 5.91 Å². The van der Waals surface area contributed by atoms with Crippen molar-refractivity contribution in [3.8, 4) is 0 Å². The molecule has 0 radical (unpaired) electrons. The fraction of sp³-hybridized carbons (Fsp3) is 0.333. The minimum Gasteiger partial charge on any atom is -0.353 e. The third-order valence-electron chi connectivity index (χ3n) is 3.47. The van der Waals surface area contributed by atoms with E-state index in [4.69, 9.17) is 0 Å². The van der Waals surface area contributed by atoms with Crippen molar-refractivity contribution >= 4 is 11.7 Å². The second-order valence-corrected chi connectivity index (χ2v) is 5.16. The highest BCUT2D eigenvalue weighted by Crippen LogP contribution is 2.16. The van der Waals surface area contributed by atoms with E-state index in [1.807, 2.05) is 31.2 Å². The molecule has 2 rings (SSSR count). The van der Waals surface area contributed by atoms with Gasteiger partial charge in [0.1, 0.15) is 5.82 Å². The summed E-state index contributed by atoms with van der Waals surface area (Å²) in [4.78, 5) is 18.6. The number of pyridine rings is 1. The molecule has 1 aromatic carbocycles. The summed E-state index contributed by atoms with van der Waals surface area (Å²) < 4.78 is 0. The van der Waals surface area contributed by atoms with Crippen LogP contribution >= 0.6 is 0 Å². The van der Waals surface area contributed by atoms with Crippen LogP contribution < -0.4 is 10.2 Å². The third kappa shape index (κ3) is 4.32. The molecule has 0 spiro atoms. The van der Waals surface area contributed by atoms with Gasteiger partial charge in [-0.05, 0) is 31.0 Å². The molecule has 0 fully saturated rings. The number of aromatic nitrogens is 1. The summed E-state index contributed by atoms with van der Waals surface area (Å²) >= 11 is 0. The molecule has 0 aliphatic rings. The van der Waals surface area contributed by atoms with E-state index < -0.39 is 0 Å². The van der Waals surface area contributed by atoms with Crippen molar-refractivity contribution in [1.29, 1.82) is 0 Å². The van der Waals surface area contributed by atoms with Gasteiger partial charge in [-0.15, -0.1) is 0 Å². The van der Waals surface area contributed by atoms with E-state index in [1.54, 1.807) is 12.3 Å². The van der Waals surface area contributed by atoms with Gasteiger partial charge < -0.3 is 10.2 Å². The quantitative estimate of drug-likeness (QED) is 0.853. The van der Waals surface area contributed by atoms with E-state index in [0.29, 0.717) is 12.1 Å². The second-order valence-electron chi connectivity index (χ2n) is 5.16. The van der Waals surface area contributed by atoms with Crippen LogP contribution in [0.2, 0.25) is 0 Å². The Morgan fingerprint density at radius 1 is 1.18 bits per heavy atom. The molecule has 0 saturated carbocycles. The van der Waals surface area contributed by atoms with Gasteiger partial charge in [-0.1, -0.05) is 37.3 Å². The van der Waals surface area contributed by atoms with Crippen LogP contribution in [-0.2, 0) is 6.54 Å². The maximum absolute atomic E-state index is 12.1. The highest BCUT2D eigenvalue weighted by atomic mass is 16.1. The maximum atomic E-state index is 12.1. The van der Waals surface area contributed by atoms with Gasteiger partial charge in [-0.2, -0.15) is 0 Å². The summed E-state index contributed by atoms with van der Waals surface area (Å²) in [5.41, 5.74) is 1.89. The van der Waals surface area contributed by atoms with Crippen LogP contribution in [0.5, 0.6) is 0 Å². The van der Waals surface area contributed by atoms with Crippen LogP contribution in [0.1, 0.15) is 36.2 Å². The molecule has 4 heteroatoms. The van der Waals surface area contributed by atoms with Crippen LogP contribution in [0.4, 0.5) is 5.82 Å². The summed E-state index contributed by atoms with van der Waals surface area (Å²) in [6, 6.07) is 13.9. The van der Waals surface area contributed by atoms with Gasteiger partial charge in [0, 0.05) is 31.4 Å². The van der Waals surface area contributed by atoms with E-state index in [0.717, 1.165) is 25.3 Å². The van der Waals surface area contributed by atoms with Crippen molar-refractivity contribution in [3.63, 3.8) is 0 Å². The SMILES string of the molecule is CCCNC(=O)c1ccnc(N(CC)Cc2ccccc2)c1. The van der Waals surface area contributed by atoms with Crippen molar-refractivity contribution in [1.82, 2.24) is 10.3 Å². The van der Waals surface area contributed by atoms with E-state index in [2.05, 4.69) is 34.3 Å². The van der Waals surface area contributed by atoms with Crippen LogP contribution in [0.15, 0.2) is 48.7 Å². The third-order valence-corrected chi connectivity index (χ3v) is 3.47. The summed E-state index contributed by atoms with van der Waals surface area (Å²) in [7, 11) is 0. The molecular weight excluding hydrogens is 274 g/mol. The Morgan fingerprint density at radius 2 is 1.95 bits per heavy atom. The highest BCUT2D eigenvalue weighted by Gasteiger charge is 2.10. The lowest BCUT2D eigenvalue weighted by Gasteiger charge is -2.22. The van der Waals surface area contributed by atoms with Gasteiger partial charge in [0.2, 0.25) is 0 Å². The molecule has 0 unspecified atom stereocenters. The summed E-state index contributed by atoms with van der Waals surface area (Å²) in [5.74, 6) is 0.789. The average molecular weight is 297 g/mol. The topological polar surface area (TPSA) is 45.2 Å². The first kappa shape index (κ1) is 16.0. The number of anilines is 1. The second kappa shape index (κ2) is 8.17. The van der Waals surface area contributed by atoms with Gasteiger partial charge in [0.25, 0.3) is 5.91 Å². The van der Waals surface area contributed by atoms with Crippen LogP contribution in [-0.4, -0.2) is 24.0 Å². The average Bonchev–Trinajstić information content (AvgIpc) is 2.58. The monoisotopic (exact) mass is 297 g/mol. The van der Waals surface area contributed by atoms with Gasteiger partial charge in [-0.25, -0.2) is 4.98 Å². The zero-order valence-electron chi connectivity index (χ0n) is 13.2. The lowest BCUT2D eigenvalue weighted by Crippen LogP contribution is -2.26. The summed E-state index contributed by atoms with van der Waals surface area (Å²) in [5, 5.41) is 2.90. The molecule has 0 bridgehead atoms. The molecule has 116 valence electrons. The Morgan fingerprint density at radius 3 is 2.64 bits per heavy atom. The fourth-order valence-corrected chi connectivity index (χ4v) is 2.23. The molecule has 0 aliphatic carbocycles. The Bertz CT molecular complexity index is 598. The first-order chi connectivity index (χ1) is 10.7. The number of amides is 1. The van der Waals surface area contributed by atoms with Crippen molar-refractivity contribution in [3.05, 3.63) is 59.8 Å². The first-order valence-electron chi connectivity index (χ1n) is 7.77. The highest BCUT2D eigenvalue weighted by molar-refractivity contribution is 5.94. The summed E-state index contributed by atoms with van der Waals surface area (Å²) in [6.45, 7) is 6.44. The van der Waals surface area contributed by atoms with Crippen molar-refractivity contribution < 1.29 is 4.79 Å². The fourth-order valence-electron chi connectivity index (χ4n) is 2.23.